The Morgan fingerprint density at radius 1 is 1.10 bits per heavy atom. The van der Waals surface area contributed by atoms with Gasteiger partial charge in [-0.05, 0) is 24.6 Å². The molecule has 2 rings (SSSR count). The molecule has 0 aliphatic heterocycles. The number of carbonyl (C=O) groups is 1. The average Bonchev–Trinajstić information content (AvgIpc) is 2.47. The molecule has 102 valence electrons. The lowest BCUT2D eigenvalue weighted by atomic mass is 10.2. The summed E-state index contributed by atoms with van der Waals surface area (Å²) in [6.45, 7) is 2.03. The highest BCUT2D eigenvalue weighted by molar-refractivity contribution is 5.90. The molecule has 0 aromatic heterocycles. The number of urea groups is 1. The van der Waals surface area contributed by atoms with Gasteiger partial charge in [-0.25, -0.2) is 9.80 Å². The fourth-order valence-corrected chi connectivity index (χ4v) is 1.58. The second-order valence-corrected chi connectivity index (χ2v) is 4.48. The summed E-state index contributed by atoms with van der Waals surface area (Å²) in [7, 11) is 1.61. The van der Waals surface area contributed by atoms with E-state index >= 15 is 0 Å². The van der Waals surface area contributed by atoms with Gasteiger partial charge in [-0.2, -0.15) is 5.10 Å². The zero-order valence-corrected chi connectivity index (χ0v) is 11.6. The molecule has 0 heterocycles. The molecule has 2 aromatic carbocycles. The van der Waals surface area contributed by atoms with E-state index in [4.69, 9.17) is 0 Å². The Morgan fingerprint density at radius 2 is 1.75 bits per heavy atom. The molecular weight excluding hydrogens is 250 g/mol. The number of anilines is 1. The van der Waals surface area contributed by atoms with Crippen molar-refractivity contribution in [3.05, 3.63) is 65.7 Å². The fourth-order valence-electron chi connectivity index (χ4n) is 1.58. The van der Waals surface area contributed by atoms with Crippen molar-refractivity contribution in [3.8, 4) is 0 Å². The van der Waals surface area contributed by atoms with E-state index in [1.807, 2.05) is 61.5 Å². The average molecular weight is 267 g/mol. The maximum absolute atomic E-state index is 11.9. The zero-order chi connectivity index (χ0) is 14.4. The first-order valence-corrected chi connectivity index (χ1v) is 6.35. The van der Waals surface area contributed by atoms with Crippen molar-refractivity contribution in [2.24, 2.45) is 5.10 Å². The lowest BCUT2D eigenvalue weighted by molar-refractivity contribution is 0.224. The lowest BCUT2D eigenvalue weighted by Crippen LogP contribution is -2.26. The first kappa shape index (κ1) is 13.8. The van der Waals surface area contributed by atoms with Crippen LogP contribution in [0.3, 0.4) is 0 Å². The van der Waals surface area contributed by atoms with Gasteiger partial charge in [-0.1, -0.05) is 48.0 Å². The standard InChI is InChI=1S/C16H17N3O/c1-13-8-10-14(11-9-13)12-17-19(2)16(20)18-15-6-4-3-5-7-15/h3-12H,1-2H3,(H,18,20)/b17-12+. The number of hydrogen-bond acceptors (Lipinski definition) is 2. The van der Waals surface area contributed by atoms with Crippen LogP contribution in [0.15, 0.2) is 59.7 Å². The van der Waals surface area contributed by atoms with Crippen LogP contribution < -0.4 is 5.32 Å². The number of hydrogen-bond donors (Lipinski definition) is 1. The molecule has 0 radical (unpaired) electrons. The van der Waals surface area contributed by atoms with Crippen molar-refractivity contribution in [3.63, 3.8) is 0 Å². The maximum atomic E-state index is 11.9. The minimum absolute atomic E-state index is 0.278. The smallest absolute Gasteiger partial charge is 0.306 e. The van der Waals surface area contributed by atoms with E-state index in [0.717, 1.165) is 11.3 Å². The van der Waals surface area contributed by atoms with Crippen LogP contribution in [0, 0.1) is 6.92 Å². The Labute approximate surface area is 118 Å². The van der Waals surface area contributed by atoms with Crippen LogP contribution in [0.5, 0.6) is 0 Å². The van der Waals surface area contributed by atoms with Crippen molar-refractivity contribution in [1.82, 2.24) is 5.01 Å². The molecule has 0 saturated heterocycles. The van der Waals surface area contributed by atoms with Gasteiger partial charge in [0, 0.05) is 12.7 Å². The summed E-state index contributed by atoms with van der Waals surface area (Å²) >= 11 is 0. The lowest BCUT2D eigenvalue weighted by Gasteiger charge is -2.12. The van der Waals surface area contributed by atoms with Gasteiger partial charge in [-0.15, -0.1) is 0 Å². The van der Waals surface area contributed by atoms with Gasteiger partial charge >= 0.3 is 6.03 Å². The highest BCUT2D eigenvalue weighted by Gasteiger charge is 2.06. The molecule has 2 aromatic rings. The molecule has 1 N–H and O–H groups in total. The van der Waals surface area contributed by atoms with Crippen LogP contribution >= 0.6 is 0 Å². The second-order valence-electron chi connectivity index (χ2n) is 4.48. The summed E-state index contributed by atoms with van der Waals surface area (Å²) in [5, 5.41) is 8.15. The summed E-state index contributed by atoms with van der Waals surface area (Å²) < 4.78 is 0. The Morgan fingerprint density at radius 3 is 2.40 bits per heavy atom. The minimum atomic E-state index is -0.278. The Hall–Kier alpha value is -2.62. The van der Waals surface area contributed by atoms with Crippen LogP contribution in [0.2, 0.25) is 0 Å². The molecule has 0 saturated carbocycles. The van der Waals surface area contributed by atoms with Gasteiger partial charge in [-0.3, -0.25) is 0 Å². The van der Waals surface area contributed by atoms with E-state index in [0.29, 0.717) is 0 Å². The summed E-state index contributed by atoms with van der Waals surface area (Å²) in [4.78, 5) is 11.9. The van der Waals surface area contributed by atoms with Crippen molar-refractivity contribution in [2.45, 2.75) is 6.92 Å². The highest BCUT2D eigenvalue weighted by Crippen LogP contribution is 2.06. The normalized spacial score (nSPS) is 10.5. The van der Waals surface area contributed by atoms with Crippen LogP contribution in [0.25, 0.3) is 0 Å². The second kappa shape index (κ2) is 6.52. The van der Waals surface area contributed by atoms with Crippen LogP contribution in [-0.4, -0.2) is 24.3 Å². The molecule has 0 aliphatic rings. The van der Waals surface area contributed by atoms with E-state index in [1.54, 1.807) is 13.3 Å². The van der Waals surface area contributed by atoms with Crippen molar-refractivity contribution < 1.29 is 4.79 Å². The molecule has 2 amide bonds. The molecule has 0 fully saturated rings. The molecule has 4 nitrogen and oxygen atoms in total. The molecule has 0 aliphatic carbocycles. The number of hydrazone groups is 1. The number of benzene rings is 2. The van der Waals surface area contributed by atoms with E-state index in [9.17, 15) is 4.79 Å². The van der Waals surface area contributed by atoms with E-state index in [-0.39, 0.29) is 6.03 Å². The predicted octanol–water partition coefficient (Wildman–Crippen LogP) is 3.49. The monoisotopic (exact) mass is 267 g/mol. The summed E-state index contributed by atoms with van der Waals surface area (Å²) in [6, 6.07) is 16.9. The number of aryl methyl sites for hydroxylation is 1. The van der Waals surface area contributed by atoms with E-state index in [1.165, 1.54) is 10.6 Å². The van der Waals surface area contributed by atoms with Gasteiger partial charge in [0.05, 0.1) is 6.21 Å². The maximum Gasteiger partial charge on any atom is 0.341 e. The number of para-hydroxylation sites is 1. The van der Waals surface area contributed by atoms with Gasteiger partial charge in [0.25, 0.3) is 0 Å². The number of amides is 2. The number of carbonyl (C=O) groups excluding carboxylic acids is 1. The first-order valence-electron chi connectivity index (χ1n) is 6.35. The molecule has 0 unspecified atom stereocenters. The highest BCUT2D eigenvalue weighted by atomic mass is 16.2. The van der Waals surface area contributed by atoms with Crippen LogP contribution in [0.1, 0.15) is 11.1 Å². The molecule has 0 spiro atoms. The molecule has 20 heavy (non-hydrogen) atoms. The molecule has 0 bridgehead atoms. The van der Waals surface area contributed by atoms with Gasteiger partial charge in [0.2, 0.25) is 0 Å². The number of nitrogens with one attached hydrogen (secondary N) is 1. The predicted molar refractivity (Wildman–Crippen MR) is 82.0 cm³/mol. The Kier molecular flexibility index (Phi) is 4.50. The summed E-state index contributed by atoms with van der Waals surface area (Å²) in [5.74, 6) is 0. The van der Waals surface area contributed by atoms with E-state index < -0.39 is 0 Å². The van der Waals surface area contributed by atoms with Crippen LogP contribution in [0.4, 0.5) is 10.5 Å². The fraction of sp³-hybridized carbons (Fsp3) is 0.125. The number of rotatable bonds is 3. The van der Waals surface area contributed by atoms with Gasteiger partial charge < -0.3 is 5.32 Å². The van der Waals surface area contributed by atoms with Crippen molar-refractivity contribution >= 4 is 17.9 Å². The Bertz CT molecular complexity index is 591. The molecule has 4 heteroatoms. The van der Waals surface area contributed by atoms with Gasteiger partial charge in [0.15, 0.2) is 0 Å². The third-order valence-corrected chi connectivity index (χ3v) is 2.78. The topological polar surface area (TPSA) is 44.7 Å². The SMILES string of the molecule is Cc1ccc(/C=N/N(C)C(=O)Nc2ccccc2)cc1. The van der Waals surface area contributed by atoms with E-state index in [2.05, 4.69) is 10.4 Å². The van der Waals surface area contributed by atoms with Gasteiger partial charge in [0.1, 0.15) is 0 Å². The van der Waals surface area contributed by atoms with Crippen molar-refractivity contribution in [1.29, 1.82) is 0 Å². The summed E-state index contributed by atoms with van der Waals surface area (Å²) in [6.07, 6.45) is 1.66. The quantitative estimate of drug-likeness (QED) is 0.671. The molecular formula is C16H17N3O. The first-order chi connectivity index (χ1) is 9.65. The van der Waals surface area contributed by atoms with Crippen molar-refractivity contribution in [2.75, 3.05) is 12.4 Å². The minimum Gasteiger partial charge on any atom is -0.306 e. The third-order valence-electron chi connectivity index (χ3n) is 2.78. The molecule has 0 atom stereocenters. The summed E-state index contributed by atoms with van der Waals surface area (Å²) in [5.41, 5.74) is 2.89. The Balaban J connectivity index is 1.95. The zero-order valence-electron chi connectivity index (χ0n) is 11.6. The largest absolute Gasteiger partial charge is 0.341 e. The third kappa shape index (κ3) is 3.95. The van der Waals surface area contributed by atoms with Crippen LogP contribution in [-0.2, 0) is 0 Å². The number of nitrogens with zero attached hydrogens (tertiary/aromatic N) is 2.